The van der Waals surface area contributed by atoms with Crippen LogP contribution in [0, 0.1) is 0 Å². The maximum atomic E-state index is 11.6. The van der Waals surface area contributed by atoms with Crippen LogP contribution in [-0.2, 0) is 4.79 Å². The molecular formula is C14H18Br2O2. The monoisotopic (exact) mass is 376 g/mol. The number of alkyl halides is 1. The van der Waals surface area contributed by atoms with Crippen molar-refractivity contribution in [2.75, 3.05) is 0 Å². The van der Waals surface area contributed by atoms with Gasteiger partial charge in [0.05, 0.1) is 0 Å². The van der Waals surface area contributed by atoms with Gasteiger partial charge >= 0.3 is 5.97 Å². The number of carbonyl (C=O) groups is 1. The van der Waals surface area contributed by atoms with E-state index in [1.54, 1.807) is 12.1 Å². The molecule has 0 amide bonds. The Kier molecular flexibility index (Phi) is 7.59. The lowest BCUT2D eigenvalue weighted by molar-refractivity contribution is -0.134. The molecule has 0 fully saturated rings. The van der Waals surface area contributed by atoms with Crippen molar-refractivity contribution in [3.63, 3.8) is 0 Å². The summed E-state index contributed by atoms with van der Waals surface area (Å²) in [6, 6.07) is 7.28. The molecule has 1 aromatic rings. The van der Waals surface area contributed by atoms with Gasteiger partial charge in [0, 0.05) is 15.7 Å². The van der Waals surface area contributed by atoms with Crippen LogP contribution in [0.5, 0.6) is 5.75 Å². The molecule has 1 atom stereocenters. The van der Waals surface area contributed by atoms with Gasteiger partial charge in [-0.05, 0) is 37.1 Å². The van der Waals surface area contributed by atoms with Crippen molar-refractivity contribution in [3.05, 3.63) is 28.7 Å². The van der Waals surface area contributed by atoms with Gasteiger partial charge in [-0.25, -0.2) is 0 Å². The number of hydrogen-bond donors (Lipinski definition) is 0. The summed E-state index contributed by atoms with van der Waals surface area (Å²) < 4.78 is 6.22. The first-order chi connectivity index (χ1) is 8.61. The van der Waals surface area contributed by atoms with E-state index in [-0.39, 0.29) is 5.97 Å². The molecule has 4 heteroatoms. The molecule has 18 heavy (non-hydrogen) atoms. The van der Waals surface area contributed by atoms with Crippen LogP contribution in [0.25, 0.3) is 0 Å². The Morgan fingerprint density at radius 3 is 2.56 bits per heavy atom. The minimum absolute atomic E-state index is 0.168. The molecule has 0 saturated heterocycles. The Morgan fingerprint density at radius 2 is 1.94 bits per heavy atom. The van der Waals surface area contributed by atoms with Gasteiger partial charge in [0.1, 0.15) is 5.75 Å². The number of halogens is 2. The van der Waals surface area contributed by atoms with Crippen LogP contribution in [0.3, 0.4) is 0 Å². The van der Waals surface area contributed by atoms with Gasteiger partial charge in [-0.1, -0.05) is 51.6 Å². The Hall–Kier alpha value is -0.350. The number of unbranched alkanes of at least 4 members (excludes halogenated alkanes) is 1. The minimum Gasteiger partial charge on any atom is -0.427 e. The van der Waals surface area contributed by atoms with Crippen molar-refractivity contribution in [2.24, 2.45) is 0 Å². The highest BCUT2D eigenvalue weighted by atomic mass is 79.9. The first-order valence-electron chi connectivity index (χ1n) is 6.22. The molecule has 1 unspecified atom stereocenters. The largest absolute Gasteiger partial charge is 0.427 e. The molecule has 1 rings (SSSR count). The zero-order valence-electron chi connectivity index (χ0n) is 10.5. The molecule has 100 valence electrons. The van der Waals surface area contributed by atoms with E-state index in [9.17, 15) is 4.79 Å². The fourth-order valence-electron chi connectivity index (χ4n) is 1.53. The van der Waals surface area contributed by atoms with Gasteiger partial charge in [0.25, 0.3) is 0 Å². The molecule has 2 nitrogen and oxygen atoms in total. The average molecular weight is 378 g/mol. The van der Waals surface area contributed by atoms with Crippen molar-refractivity contribution in [2.45, 2.75) is 43.9 Å². The molecule has 0 aliphatic heterocycles. The van der Waals surface area contributed by atoms with Gasteiger partial charge < -0.3 is 4.74 Å². The van der Waals surface area contributed by atoms with E-state index in [0.29, 0.717) is 17.0 Å². The fourth-order valence-corrected chi connectivity index (χ4v) is 2.35. The highest BCUT2D eigenvalue weighted by Gasteiger charge is 2.09. The van der Waals surface area contributed by atoms with Crippen molar-refractivity contribution in [3.8, 4) is 5.75 Å². The van der Waals surface area contributed by atoms with Gasteiger partial charge in [-0.3, -0.25) is 4.79 Å². The molecule has 0 saturated carbocycles. The first-order valence-corrected chi connectivity index (χ1v) is 7.93. The second-order valence-electron chi connectivity index (χ2n) is 4.21. The molecule has 0 N–H and O–H groups in total. The standard InChI is InChI=1S/C14H18Br2O2/c1-2-3-4-11(15)7-10-14(17)18-13-8-5-12(16)6-9-13/h5-6,8-9,11H,2-4,7,10H2,1H3. The summed E-state index contributed by atoms with van der Waals surface area (Å²) in [6.07, 6.45) is 4.77. The van der Waals surface area contributed by atoms with Crippen LogP contribution in [0.2, 0.25) is 0 Å². The van der Waals surface area contributed by atoms with Crippen LogP contribution in [0.4, 0.5) is 0 Å². The zero-order valence-corrected chi connectivity index (χ0v) is 13.7. The molecule has 0 spiro atoms. The van der Waals surface area contributed by atoms with E-state index >= 15 is 0 Å². The van der Waals surface area contributed by atoms with Crippen LogP contribution in [0.15, 0.2) is 28.7 Å². The van der Waals surface area contributed by atoms with E-state index < -0.39 is 0 Å². The highest BCUT2D eigenvalue weighted by molar-refractivity contribution is 9.10. The summed E-state index contributed by atoms with van der Waals surface area (Å²) in [5.41, 5.74) is 0. The predicted octanol–water partition coefficient (Wildman–Crippen LogP) is 5.09. The third-order valence-electron chi connectivity index (χ3n) is 2.58. The number of carbonyl (C=O) groups excluding carboxylic acids is 1. The Morgan fingerprint density at radius 1 is 1.28 bits per heavy atom. The van der Waals surface area contributed by atoms with Crippen molar-refractivity contribution < 1.29 is 9.53 Å². The highest BCUT2D eigenvalue weighted by Crippen LogP contribution is 2.19. The van der Waals surface area contributed by atoms with E-state index in [0.717, 1.165) is 17.3 Å². The summed E-state index contributed by atoms with van der Waals surface area (Å²) in [4.78, 5) is 12.0. The van der Waals surface area contributed by atoms with Crippen LogP contribution >= 0.6 is 31.9 Å². The number of benzene rings is 1. The summed E-state index contributed by atoms with van der Waals surface area (Å²) in [7, 11) is 0. The van der Waals surface area contributed by atoms with Crippen molar-refractivity contribution >= 4 is 37.8 Å². The van der Waals surface area contributed by atoms with Gasteiger partial charge in [0.2, 0.25) is 0 Å². The summed E-state index contributed by atoms with van der Waals surface area (Å²) >= 11 is 6.93. The van der Waals surface area contributed by atoms with Gasteiger partial charge in [0.15, 0.2) is 0 Å². The normalized spacial score (nSPS) is 12.2. The van der Waals surface area contributed by atoms with Crippen LogP contribution in [0.1, 0.15) is 39.0 Å². The van der Waals surface area contributed by atoms with E-state index in [1.807, 2.05) is 12.1 Å². The molecular weight excluding hydrogens is 360 g/mol. The molecule has 0 heterocycles. The maximum absolute atomic E-state index is 11.6. The van der Waals surface area contributed by atoms with Crippen molar-refractivity contribution in [1.82, 2.24) is 0 Å². The number of ether oxygens (including phenoxy) is 1. The van der Waals surface area contributed by atoms with Crippen molar-refractivity contribution in [1.29, 1.82) is 0 Å². The average Bonchev–Trinajstić information content (AvgIpc) is 2.36. The van der Waals surface area contributed by atoms with Gasteiger partial charge in [-0.15, -0.1) is 0 Å². The molecule has 0 aliphatic rings. The lowest BCUT2D eigenvalue weighted by atomic mass is 10.1. The Labute approximate surface area is 125 Å². The maximum Gasteiger partial charge on any atom is 0.311 e. The van der Waals surface area contributed by atoms with Gasteiger partial charge in [-0.2, -0.15) is 0 Å². The first kappa shape index (κ1) is 15.7. The fraction of sp³-hybridized carbons (Fsp3) is 0.500. The molecule has 0 radical (unpaired) electrons. The van der Waals surface area contributed by atoms with Crippen LogP contribution in [-0.4, -0.2) is 10.8 Å². The van der Waals surface area contributed by atoms with E-state index in [1.165, 1.54) is 12.8 Å². The molecule has 0 aromatic heterocycles. The quantitative estimate of drug-likeness (QED) is 0.376. The smallest absolute Gasteiger partial charge is 0.311 e. The topological polar surface area (TPSA) is 26.3 Å². The van der Waals surface area contributed by atoms with E-state index in [2.05, 4.69) is 38.8 Å². The van der Waals surface area contributed by atoms with Crippen LogP contribution < -0.4 is 4.74 Å². The third-order valence-corrected chi connectivity index (χ3v) is 4.02. The minimum atomic E-state index is -0.168. The third kappa shape index (κ3) is 6.55. The zero-order chi connectivity index (χ0) is 13.4. The molecule has 0 bridgehead atoms. The molecule has 0 aliphatic carbocycles. The lowest BCUT2D eigenvalue weighted by Crippen LogP contribution is -2.10. The second kappa shape index (κ2) is 8.70. The van der Waals surface area contributed by atoms with E-state index in [4.69, 9.17) is 4.74 Å². The number of rotatable bonds is 7. The Bertz CT molecular complexity index is 363. The summed E-state index contributed by atoms with van der Waals surface area (Å²) in [6.45, 7) is 2.17. The number of hydrogen-bond acceptors (Lipinski definition) is 2. The second-order valence-corrected chi connectivity index (χ2v) is 6.42. The Balaban J connectivity index is 2.27. The number of esters is 1. The summed E-state index contributed by atoms with van der Waals surface area (Å²) in [5.74, 6) is 0.432. The predicted molar refractivity (Wildman–Crippen MR) is 81.3 cm³/mol. The lowest BCUT2D eigenvalue weighted by Gasteiger charge is -2.08. The summed E-state index contributed by atoms with van der Waals surface area (Å²) in [5, 5.41) is 0. The molecule has 1 aromatic carbocycles. The SMILES string of the molecule is CCCCC(Br)CCC(=O)Oc1ccc(Br)cc1.